The van der Waals surface area contributed by atoms with Gasteiger partial charge >= 0.3 is 12.0 Å². The number of aliphatic carboxylic acids is 1. The van der Waals surface area contributed by atoms with Crippen molar-refractivity contribution in [2.75, 3.05) is 13.1 Å². The first kappa shape index (κ1) is 13.3. The molecule has 19 heavy (non-hydrogen) atoms. The lowest BCUT2D eigenvalue weighted by Crippen LogP contribution is -2.46. The number of hydrogen-bond donors (Lipinski definition) is 2. The Hall–Kier alpha value is -2.11. The van der Waals surface area contributed by atoms with Crippen molar-refractivity contribution in [3.8, 4) is 0 Å². The van der Waals surface area contributed by atoms with Crippen LogP contribution < -0.4 is 5.32 Å². The highest BCUT2D eigenvalue weighted by Gasteiger charge is 2.33. The van der Waals surface area contributed by atoms with Crippen LogP contribution >= 0.6 is 0 Å². The molecule has 0 aliphatic carbocycles. The van der Waals surface area contributed by atoms with E-state index in [2.05, 4.69) is 10.3 Å². The number of aromatic nitrogens is 1. The average molecular weight is 263 g/mol. The maximum atomic E-state index is 11.9. The van der Waals surface area contributed by atoms with Crippen molar-refractivity contribution in [1.82, 2.24) is 15.2 Å². The molecule has 2 heterocycles. The fourth-order valence-electron chi connectivity index (χ4n) is 2.21. The van der Waals surface area contributed by atoms with E-state index in [9.17, 15) is 9.59 Å². The van der Waals surface area contributed by atoms with Gasteiger partial charge in [0.2, 0.25) is 0 Å². The number of carbonyl (C=O) groups excluding carboxylic acids is 1. The molecule has 1 aliphatic rings. The summed E-state index contributed by atoms with van der Waals surface area (Å²) in [5.41, 5.74) is 0.902. The molecule has 0 spiro atoms. The molecule has 1 atom stereocenters. The fraction of sp³-hybridized carbons (Fsp3) is 0.462. The van der Waals surface area contributed by atoms with E-state index in [0.29, 0.717) is 25.9 Å². The molecule has 102 valence electrons. The predicted molar refractivity (Wildman–Crippen MR) is 68.7 cm³/mol. The third-order valence-electron chi connectivity index (χ3n) is 3.18. The number of pyridine rings is 1. The van der Waals surface area contributed by atoms with Crippen LogP contribution in [0.25, 0.3) is 0 Å². The summed E-state index contributed by atoms with van der Waals surface area (Å²) in [6.45, 7) is 0.963. The highest BCUT2D eigenvalue weighted by molar-refractivity contribution is 5.83. The quantitative estimate of drug-likeness (QED) is 0.845. The van der Waals surface area contributed by atoms with E-state index in [-0.39, 0.29) is 6.03 Å². The van der Waals surface area contributed by atoms with Crippen LogP contribution in [0.3, 0.4) is 0 Å². The zero-order valence-electron chi connectivity index (χ0n) is 10.6. The number of carbonyl (C=O) groups is 2. The van der Waals surface area contributed by atoms with Crippen LogP contribution in [0.4, 0.5) is 4.79 Å². The topological polar surface area (TPSA) is 82.5 Å². The molecule has 0 aromatic carbocycles. The molecule has 0 radical (unpaired) electrons. The van der Waals surface area contributed by atoms with Crippen LogP contribution in [-0.4, -0.2) is 46.1 Å². The Morgan fingerprint density at radius 2 is 2.32 bits per heavy atom. The number of urea groups is 1. The summed E-state index contributed by atoms with van der Waals surface area (Å²) in [5, 5.41) is 11.7. The first-order chi connectivity index (χ1) is 9.18. The second-order valence-electron chi connectivity index (χ2n) is 4.49. The molecule has 1 unspecified atom stereocenters. The summed E-state index contributed by atoms with van der Waals surface area (Å²) in [6.07, 6.45) is 3.61. The van der Waals surface area contributed by atoms with Crippen molar-refractivity contribution in [2.45, 2.75) is 25.3 Å². The van der Waals surface area contributed by atoms with E-state index in [1.165, 1.54) is 4.90 Å². The Morgan fingerprint density at radius 1 is 1.47 bits per heavy atom. The SMILES string of the molecule is O=C(O)C1CCCN1C(=O)NCCc1ccccn1. The molecule has 6 nitrogen and oxygen atoms in total. The maximum Gasteiger partial charge on any atom is 0.326 e. The Labute approximate surface area is 111 Å². The standard InChI is InChI=1S/C13H17N3O3/c17-12(18)11-5-3-9-16(11)13(19)15-8-6-10-4-1-2-7-14-10/h1-2,4,7,11H,3,5-6,8-9H2,(H,15,19)(H,17,18). The summed E-state index contributed by atoms with van der Waals surface area (Å²) in [5.74, 6) is -0.933. The largest absolute Gasteiger partial charge is 0.480 e. The highest BCUT2D eigenvalue weighted by atomic mass is 16.4. The van der Waals surface area contributed by atoms with E-state index >= 15 is 0 Å². The number of amides is 2. The van der Waals surface area contributed by atoms with Gasteiger partial charge in [-0.15, -0.1) is 0 Å². The second-order valence-corrected chi connectivity index (χ2v) is 4.49. The molecule has 1 aliphatic heterocycles. The van der Waals surface area contributed by atoms with Crippen LogP contribution in [0.1, 0.15) is 18.5 Å². The molecule has 1 fully saturated rings. The molecular weight excluding hydrogens is 246 g/mol. The summed E-state index contributed by atoms with van der Waals surface area (Å²) < 4.78 is 0. The summed E-state index contributed by atoms with van der Waals surface area (Å²) in [4.78, 5) is 28.4. The molecule has 2 N–H and O–H groups in total. The highest BCUT2D eigenvalue weighted by Crippen LogP contribution is 2.17. The number of hydrogen-bond acceptors (Lipinski definition) is 3. The minimum atomic E-state index is -0.933. The van der Waals surface area contributed by atoms with Crippen LogP contribution in [0.15, 0.2) is 24.4 Å². The lowest BCUT2D eigenvalue weighted by atomic mass is 10.2. The van der Waals surface area contributed by atoms with E-state index in [0.717, 1.165) is 12.1 Å². The molecule has 1 aromatic heterocycles. The minimum Gasteiger partial charge on any atom is -0.480 e. The van der Waals surface area contributed by atoms with Crippen LogP contribution in [0.2, 0.25) is 0 Å². The lowest BCUT2D eigenvalue weighted by Gasteiger charge is -2.21. The molecule has 2 amide bonds. The molecule has 0 bridgehead atoms. The Morgan fingerprint density at radius 3 is 3.00 bits per heavy atom. The van der Waals surface area contributed by atoms with Crippen molar-refractivity contribution in [1.29, 1.82) is 0 Å². The van der Waals surface area contributed by atoms with Gasteiger partial charge < -0.3 is 15.3 Å². The average Bonchev–Trinajstić information content (AvgIpc) is 2.89. The number of carboxylic acid groups (broad SMARTS) is 1. The molecule has 6 heteroatoms. The zero-order chi connectivity index (χ0) is 13.7. The molecule has 1 aromatic rings. The molecule has 1 saturated heterocycles. The van der Waals surface area contributed by atoms with Gasteiger partial charge in [0, 0.05) is 31.4 Å². The van der Waals surface area contributed by atoms with Gasteiger partial charge in [-0.25, -0.2) is 9.59 Å². The van der Waals surface area contributed by atoms with Crippen LogP contribution in [-0.2, 0) is 11.2 Å². The van der Waals surface area contributed by atoms with Gasteiger partial charge in [-0.1, -0.05) is 6.07 Å². The van der Waals surface area contributed by atoms with E-state index in [1.807, 2.05) is 18.2 Å². The Kier molecular flexibility index (Phi) is 4.33. The molecule has 0 saturated carbocycles. The van der Waals surface area contributed by atoms with Gasteiger partial charge in [0.15, 0.2) is 0 Å². The first-order valence-corrected chi connectivity index (χ1v) is 6.35. The Balaban J connectivity index is 1.80. The zero-order valence-corrected chi connectivity index (χ0v) is 10.6. The number of nitrogens with one attached hydrogen (secondary N) is 1. The van der Waals surface area contributed by atoms with E-state index in [4.69, 9.17) is 5.11 Å². The van der Waals surface area contributed by atoms with E-state index < -0.39 is 12.0 Å². The monoisotopic (exact) mass is 263 g/mol. The number of likely N-dealkylation sites (tertiary alicyclic amines) is 1. The van der Waals surface area contributed by atoms with E-state index in [1.54, 1.807) is 6.20 Å². The molecule has 2 rings (SSSR count). The maximum absolute atomic E-state index is 11.9. The number of rotatable bonds is 4. The van der Waals surface area contributed by atoms with Crippen molar-refractivity contribution < 1.29 is 14.7 Å². The molecular formula is C13H17N3O3. The second kappa shape index (κ2) is 6.17. The van der Waals surface area contributed by atoms with Crippen LogP contribution in [0, 0.1) is 0 Å². The Bertz CT molecular complexity index is 450. The van der Waals surface area contributed by atoms with Gasteiger partial charge in [0.25, 0.3) is 0 Å². The van der Waals surface area contributed by atoms with Crippen molar-refractivity contribution in [3.05, 3.63) is 30.1 Å². The number of carboxylic acids is 1. The third-order valence-corrected chi connectivity index (χ3v) is 3.18. The minimum absolute atomic E-state index is 0.305. The summed E-state index contributed by atoms with van der Waals surface area (Å²) in [6, 6.07) is 4.63. The predicted octanol–water partition coefficient (Wildman–Crippen LogP) is 0.883. The smallest absolute Gasteiger partial charge is 0.326 e. The van der Waals surface area contributed by atoms with Gasteiger partial charge in [-0.05, 0) is 25.0 Å². The van der Waals surface area contributed by atoms with Gasteiger partial charge in [-0.2, -0.15) is 0 Å². The first-order valence-electron chi connectivity index (χ1n) is 6.35. The normalized spacial score (nSPS) is 18.3. The van der Waals surface area contributed by atoms with Gasteiger partial charge in [-0.3, -0.25) is 4.98 Å². The third kappa shape index (κ3) is 3.43. The summed E-state index contributed by atoms with van der Waals surface area (Å²) >= 11 is 0. The fourth-order valence-corrected chi connectivity index (χ4v) is 2.21. The summed E-state index contributed by atoms with van der Waals surface area (Å²) in [7, 11) is 0. The van der Waals surface area contributed by atoms with Crippen molar-refractivity contribution >= 4 is 12.0 Å². The van der Waals surface area contributed by atoms with Crippen LogP contribution in [0.5, 0.6) is 0 Å². The van der Waals surface area contributed by atoms with Crippen molar-refractivity contribution in [2.24, 2.45) is 0 Å². The van der Waals surface area contributed by atoms with Crippen molar-refractivity contribution in [3.63, 3.8) is 0 Å². The van der Waals surface area contributed by atoms with Gasteiger partial charge in [0.1, 0.15) is 6.04 Å². The lowest BCUT2D eigenvalue weighted by molar-refractivity contribution is -0.141. The number of nitrogens with zero attached hydrogens (tertiary/aromatic N) is 2. The van der Waals surface area contributed by atoms with Gasteiger partial charge in [0.05, 0.1) is 0 Å².